The van der Waals surface area contributed by atoms with Crippen molar-refractivity contribution in [2.45, 2.75) is 82.6 Å². The summed E-state index contributed by atoms with van der Waals surface area (Å²) in [6, 6.07) is 7.85. The van der Waals surface area contributed by atoms with Gasteiger partial charge in [0.25, 0.3) is 0 Å². The predicted molar refractivity (Wildman–Crippen MR) is 128 cm³/mol. The summed E-state index contributed by atoms with van der Waals surface area (Å²) in [7, 11) is 0. The third kappa shape index (κ3) is 3.45. The Morgan fingerprint density at radius 1 is 1.03 bits per heavy atom. The third-order valence-electron chi connectivity index (χ3n) is 10.1. The zero-order valence-electron chi connectivity index (χ0n) is 19.0. The van der Waals surface area contributed by atoms with Gasteiger partial charge in [0.2, 0.25) is 0 Å². The molecule has 0 aromatic heterocycles. The van der Waals surface area contributed by atoms with Gasteiger partial charge in [-0.1, -0.05) is 37.2 Å². The fourth-order valence-corrected chi connectivity index (χ4v) is 8.92. The van der Waals surface area contributed by atoms with Gasteiger partial charge < -0.3 is 5.11 Å². The first-order chi connectivity index (χ1) is 14.6. The molecule has 0 bridgehead atoms. The summed E-state index contributed by atoms with van der Waals surface area (Å²) in [5, 5.41) is 14.0. The van der Waals surface area contributed by atoms with Crippen molar-refractivity contribution in [1.82, 2.24) is 0 Å². The maximum Gasteiger partial charge on any atom is 0.159 e. The summed E-state index contributed by atoms with van der Waals surface area (Å²) >= 11 is 7.66. The molecule has 5 rings (SSSR count). The highest BCUT2D eigenvalue weighted by molar-refractivity contribution is 8.02. The minimum absolute atomic E-state index is 0.0605. The normalized spacial score (nSPS) is 45.8. The van der Waals surface area contributed by atoms with Crippen LogP contribution in [-0.2, 0) is 4.79 Å². The van der Waals surface area contributed by atoms with Gasteiger partial charge in [-0.3, -0.25) is 4.79 Å². The molecule has 4 aliphatic rings. The number of Topliss-reactive ketones (excluding diaryl/α,β-unsaturated/α-hetero) is 1. The van der Waals surface area contributed by atoms with Gasteiger partial charge in [-0.05, 0) is 116 Å². The second kappa shape index (κ2) is 7.64. The fraction of sp³-hybridized carbons (Fsp3) is 0.667. The maximum atomic E-state index is 13.0. The second-order valence-electron chi connectivity index (χ2n) is 11.4. The second-order valence-corrected chi connectivity index (χ2v) is 12.8. The van der Waals surface area contributed by atoms with Crippen molar-refractivity contribution in [2.24, 2.45) is 34.5 Å². The van der Waals surface area contributed by atoms with E-state index in [1.165, 1.54) is 25.7 Å². The molecule has 0 radical (unpaired) electrons. The van der Waals surface area contributed by atoms with Crippen LogP contribution >= 0.6 is 23.4 Å². The number of hydrogen-bond donors (Lipinski definition) is 1. The lowest BCUT2D eigenvalue weighted by molar-refractivity contribution is -0.147. The Morgan fingerprint density at radius 2 is 1.74 bits per heavy atom. The number of hydrogen-bond acceptors (Lipinski definition) is 3. The van der Waals surface area contributed by atoms with Crippen LogP contribution < -0.4 is 0 Å². The van der Waals surface area contributed by atoms with E-state index in [4.69, 9.17) is 11.6 Å². The Bertz CT molecular complexity index is 906. The van der Waals surface area contributed by atoms with Crippen LogP contribution in [0.3, 0.4) is 0 Å². The molecule has 1 N–H and O–H groups in total. The lowest BCUT2D eigenvalue weighted by Crippen LogP contribution is -2.56. The summed E-state index contributed by atoms with van der Waals surface area (Å²) in [6.45, 7) is 6.92. The molecular formula is C27H35ClO2S. The van der Waals surface area contributed by atoms with Crippen LogP contribution in [0, 0.1) is 34.5 Å². The molecule has 4 fully saturated rings. The average Bonchev–Trinajstić information content (AvgIpc) is 2.97. The number of fused-ring (bicyclic) bond motifs is 5. The molecule has 7 atom stereocenters. The van der Waals surface area contributed by atoms with Crippen molar-refractivity contribution in [2.75, 3.05) is 0 Å². The number of aliphatic hydroxyl groups is 1. The SMILES string of the molecule is C[C@]12C/C(=C\Sc3ccc(Cl)cc3)C(=O)C[C@@H]1CC[C@@H]1[C@@H]2CC[C@@]2(C)[C@H]1CC[C@@]2(C)O. The Balaban J connectivity index is 1.39. The smallest absolute Gasteiger partial charge is 0.159 e. The Morgan fingerprint density at radius 3 is 2.48 bits per heavy atom. The van der Waals surface area contributed by atoms with E-state index in [9.17, 15) is 9.90 Å². The Kier molecular flexibility index (Phi) is 5.43. The molecule has 0 heterocycles. The summed E-state index contributed by atoms with van der Waals surface area (Å²) in [4.78, 5) is 14.1. The molecule has 0 aliphatic heterocycles. The van der Waals surface area contributed by atoms with E-state index < -0.39 is 5.60 Å². The molecule has 4 heteroatoms. The Labute approximate surface area is 196 Å². The zero-order valence-corrected chi connectivity index (χ0v) is 20.6. The topological polar surface area (TPSA) is 37.3 Å². The van der Waals surface area contributed by atoms with Gasteiger partial charge in [0, 0.05) is 21.9 Å². The molecule has 31 heavy (non-hydrogen) atoms. The lowest BCUT2D eigenvalue weighted by atomic mass is 9.44. The molecule has 0 saturated heterocycles. The van der Waals surface area contributed by atoms with Crippen LogP contribution in [0.1, 0.15) is 72.1 Å². The average molecular weight is 459 g/mol. The van der Waals surface area contributed by atoms with E-state index in [-0.39, 0.29) is 10.8 Å². The molecule has 0 unspecified atom stereocenters. The first-order valence-corrected chi connectivity index (χ1v) is 13.3. The summed E-state index contributed by atoms with van der Waals surface area (Å²) in [5.41, 5.74) is 0.763. The quantitative estimate of drug-likeness (QED) is 0.373. The third-order valence-corrected chi connectivity index (χ3v) is 11.3. The molecule has 2 nitrogen and oxygen atoms in total. The minimum Gasteiger partial charge on any atom is -0.390 e. The number of ketones is 1. The minimum atomic E-state index is -0.525. The molecule has 168 valence electrons. The number of benzene rings is 1. The van der Waals surface area contributed by atoms with Crippen molar-refractivity contribution in [3.63, 3.8) is 0 Å². The number of thioether (sulfide) groups is 1. The highest BCUT2D eigenvalue weighted by Gasteiger charge is 2.63. The van der Waals surface area contributed by atoms with Gasteiger partial charge in [-0.25, -0.2) is 0 Å². The standard InChI is InChI=1S/C27H35ClO2S/c1-25-15-17(16-31-20-7-5-19(28)6-8-20)24(29)14-18(25)4-9-21-22(25)10-12-26(2)23(21)11-13-27(26,3)30/h5-8,16,18,21-23,30H,4,9-15H2,1-3H3/b17-16+/t18-,21+,22-,23-,25-,26-,27+/m0/s1. The number of carbonyl (C=O) groups is 1. The molecule has 4 aliphatic carbocycles. The van der Waals surface area contributed by atoms with Crippen molar-refractivity contribution < 1.29 is 9.90 Å². The van der Waals surface area contributed by atoms with Gasteiger partial charge in [0.05, 0.1) is 5.60 Å². The molecule has 1 aromatic rings. The van der Waals surface area contributed by atoms with Gasteiger partial charge in [-0.2, -0.15) is 0 Å². The van der Waals surface area contributed by atoms with Gasteiger partial charge >= 0.3 is 0 Å². The monoisotopic (exact) mass is 458 g/mol. The van der Waals surface area contributed by atoms with E-state index in [0.717, 1.165) is 34.8 Å². The summed E-state index contributed by atoms with van der Waals surface area (Å²) in [6.07, 6.45) is 8.49. The van der Waals surface area contributed by atoms with Crippen LogP contribution in [0.5, 0.6) is 0 Å². The highest BCUT2D eigenvalue weighted by atomic mass is 35.5. The molecule has 0 amide bonds. The number of allylic oxidation sites excluding steroid dienone is 1. The number of rotatable bonds is 2. The van der Waals surface area contributed by atoms with Gasteiger partial charge in [0.1, 0.15) is 0 Å². The van der Waals surface area contributed by atoms with Crippen LogP contribution in [0.4, 0.5) is 0 Å². The van der Waals surface area contributed by atoms with Crippen molar-refractivity contribution in [1.29, 1.82) is 0 Å². The Hall–Kier alpha value is -0.770. The molecule has 0 spiro atoms. The van der Waals surface area contributed by atoms with E-state index in [0.29, 0.717) is 35.9 Å². The van der Waals surface area contributed by atoms with Crippen molar-refractivity contribution in [3.05, 3.63) is 40.3 Å². The van der Waals surface area contributed by atoms with Crippen molar-refractivity contribution >= 4 is 29.1 Å². The lowest BCUT2D eigenvalue weighted by Gasteiger charge is -2.61. The van der Waals surface area contributed by atoms with E-state index in [1.807, 2.05) is 24.3 Å². The first-order valence-electron chi connectivity index (χ1n) is 12.0. The first kappa shape index (κ1) is 22.0. The van der Waals surface area contributed by atoms with Crippen molar-refractivity contribution in [3.8, 4) is 0 Å². The highest BCUT2D eigenvalue weighted by Crippen LogP contribution is 2.68. The largest absolute Gasteiger partial charge is 0.390 e. The van der Waals surface area contributed by atoms with Gasteiger partial charge in [-0.15, -0.1) is 0 Å². The van der Waals surface area contributed by atoms with Crippen LogP contribution in [0.25, 0.3) is 0 Å². The number of carbonyl (C=O) groups excluding carboxylic acids is 1. The van der Waals surface area contributed by atoms with Crippen LogP contribution in [0.15, 0.2) is 40.1 Å². The zero-order chi connectivity index (χ0) is 22.0. The fourth-order valence-electron chi connectivity index (χ4n) is 8.01. The van der Waals surface area contributed by atoms with E-state index in [2.05, 4.69) is 26.2 Å². The predicted octanol–water partition coefficient (Wildman–Crippen LogP) is 7.29. The summed E-state index contributed by atoms with van der Waals surface area (Å²) < 4.78 is 0. The molecular weight excluding hydrogens is 424 g/mol. The summed E-state index contributed by atoms with van der Waals surface area (Å²) in [5.74, 6) is 2.88. The molecule has 1 aromatic carbocycles. The van der Waals surface area contributed by atoms with Crippen LogP contribution in [-0.4, -0.2) is 16.5 Å². The maximum absolute atomic E-state index is 13.0. The van der Waals surface area contributed by atoms with E-state index in [1.54, 1.807) is 11.8 Å². The van der Waals surface area contributed by atoms with E-state index >= 15 is 0 Å². The van der Waals surface area contributed by atoms with Gasteiger partial charge in [0.15, 0.2) is 5.78 Å². The number of halogens is 1. The molecule has 4 saturated carbocycles. The van der Waals surface area contributed by atoms with Crippen LogP contribution in [0.2, 0.25) is 5.02 Å².